The van der Waals surface area contributed by atoms with Crippen LogP contribution in [0.4, 0.5) is 5.69 Å². The van der Waals surface area contributed by atoms with E-state index in [1.807, 2.05) is 35.2 Å². The number of anilines is 1. The molecule has 0 saturated heterocycles. The van der Waals surface area contributed by atoms with Crippen molar-refractivity contribution in [3.8, 4) is 0 Å². The summed E-state index contributed by atoms with van der Waals surface area (Å²) in [6, 6.07) is 15.0. The molecule has 100 valence electrons. The third-order valence-electron chi connectivity index (χ3n) is 3.45. The molecule has 0 fully saturated rings. The van der Waals surface area contributed by atoms with E-state index in [9.17, 15) is 4.79 Å². The molecule has 1 heterocycles. The van der Waals surface area contributed by atoms with E-state index in [1.54, 1.807) is 18.2 Å². The van der Waals surface area contributed by atoms with E-state index in [4.69, 9.17) is 10.1 Å². The van der Waals surface area contributed by atoms with E-state index in [-0.39, 0.29) is 5.97 Å². The fraction of sp³-hybridized carbons (Fsp3) is 0.125. The first-order valence-electron chi connectivity index (χ1n) is 6.33. The fourth-order valence-corrected chi connectivity index (χ4v) is 2.42. The minimum absolute atomic E-state index is 0.366. The van der Waals surface area contributed by atoms with Gasteiger partial charge in [0.15, 0.2) is 0 Å². The molecule has 2 aromatic carbocycles. The van der Waals surface area contributed by atoms with Crippen molar-refractivity contribution in [2.45, 2.75) is 6.54 Å². The summed E-state index contributed by atoms with van der Waals surface area (Å²) in [5, 5.41) is 8.26. The van der Waals surface area contributed by atoms with Crippen LogP contribution in [0.3, 0.4) is 0 Å². The second-order valence-corrected chi connectivity index (χ2v) is 4.63. The number of carbonyl (C=O) groups excluding carboxylic acids is 1. The van der Waals surface area contributed by atoms with Crippen molar-refractivity contribution in [3.63, 3.8) is 0 Å². The highest BCUT2D eigenvalue weighted by Gasteiger charge is 2.25. The van der Waals surface area contributed by atoms with Gasteiger partial charge in [0.05, 0.1) is 19.2 Å². The molecule has 20 heavy (non-hydrogen) atoms. The van der Waals surface area contributed by atoms with E-state index >= 15 is 0 Å². The standard InChI is InChI=1S/C16H14N2O2/c1-20-16(19)11-6-4-7-13(9-11)18-10-12-5-2-3-8-14(12)15(18)17/h2-9,17H,10H2,1H3. The molecule has 1 aliphatic rings. The van der Waals surface area contributed by atoms with E-state index in [2.05, 4.69) is 0 Å². The van der Waals surface area contributed by atoms with Crippen LogP contribution in [0.1, 0.15) is 21.5 Å². The number of rotatable bonds is 2. The van der Waals surface area contributed by atoms with Gasteiger partial charge >= 0.3 is 5.97 Å². The first-order chi connectivity index (χ1) is 9.70. The lowest BCUT2D eigenvalue weighted by Gasteiger charge is -2.18. The van der Waals surface area contributed by atoms with Crippen molar-refractivity contribution in [2.75, 3.05) is 12.0 Å². The molecule has 0 aromatic heterocycles. The summed E-state index contributed by atoms with van der Waals surface area (Å²) in [5.74, 6) is 0.0951. The monoisotopic (exact) mass is 266 g/mol. The Hall–Kier alpha value is -2.62. The number of nitrogens with one attached hydrogen (secondary N) is 1. The molecule has 0 bridgehead atoms. The van der Waals surface area contributed by atoms with Gasteiger partial charge in [-0.25, -0.2) is 4.79 Å². The first kappa shape index (κ1) is 12.4. The predicted molar refractivity (Wildman–Crippen MR) is 77.2 cm³/mol. The molecule has 0 atom stereocenters. The quantitative estimate of drug-likeness (QED) is 0.850. The van der Waals surface area contributed by atoms with Gasteiger partial charge in [0.2, 0.25) is 0 Å². The Balaban J connectivity index is 1.96. The summed E-state index contributed by atoms with van der Waals surface area (Å²) >= 11 is 0. The van der Waals surface area contributed by atoms with E-state index in [0.29, 0.717) is 17.9 Å². The molecule has 0 saturated carbocycles. The summed E-state index contributed by atoms with van der Waals surface area (Å²) in [6.07, 6.45) is 0. The Bertz CT molecular complexity index is 694. The van der Waals surface area contributed by atoms with Crippen molar-refractivity contribution in [1.82, 2.24) is 0 Å². The third kappa shape index (κ3) is 1.95. The van der Waals surface area contributed by atoms with Crippen molar-refractivity contribution in [2.24, 2.45) is 0 Å². The highest BCUT2D eigenvalue weighted by atomic mass is 16.5. The van der Waals surface area contributed by atoms with Gasteiger partial charge in [0, 0.05) is 11.3 Å². The maximum absolute atomic E-state index is 11.6. The Morgan fingerprint density at radius 2 is 2.00 bits per heavy atom. The highest BCUT2D eigenvalue weighted by Crippen LogP contribution is 2.28. The SMILES string of the molecule is COC(=O)c1cccc(N2Cc3ccccc3C2=N)c1. The number of carbonyl (C=O) groups is 1. The summed E-state index contributed by atoms with van der Waals surface area (Å²) in [6.45, 7) is 0.652. The smallest absolute Gasteiger partial charge is 0.337 e. The molecule has 4 heteroatoms. The van der Waals surface area contributed by atoms with Crippen LogP contribution in [-0.2, 0) is 11.3 Å². The van der Waals surface area contributed by atoms with E-state index in [0.717, 1.165) is 16.8 Å². The van der Waals surface area contributed by atoms with Crippen molar-refractivity contribution in [3.05, 3.63) is 65.2 Å². The normalized spacial score (nSPS) is 13.2. The molecule has 1 N–H and O–H groups in total. The van der Waals surface area contributed by atoms with Gasteiger partial charge in [-0.15, -0.1) is 0 Å². The van der Waals surface area contributed by atoms with Crippen LogP contribution in [0, 0.1) is 5.41 Å². The van der Waals surface area contributed by atoms with Crippen molar-refractivity contribution < 1.29 is 9.53 Å². The highest BCUT2D eigenvalue weighted by molar-refractivity contribution is 6.12. The van der Waals surface area contributed by atoms with Gasteiger partial charge in [0.25, 0.3) is 0 Å². The van der Waals surface area contributed by atoms with Crippen LogP contribution >= 0.6 is 0 Å². The minimum atomic E-state index is -0.366. The summed E-state index contributed by atoms with van der Waals surface area (Å²) in [5.41, 5.74) is 3.39. The molecule has 4 nitrogen and oxygen atoms in total. The Morgan fingerprint density at radius 1 is 1.20 bits per heavy atom. The zero-order chi connectivity index (χ0) is 14.1. The van der Waals surface area contributed by atoms with Crippen LogP contribution in [0.5, 0.6) is 0 Å². The average Bonchev–Trinajstić information content (AvgIpc) is 2.84. The van der Waals surface area contributed by atoms with Crippen LogP contribution in [0.2, 0.25) is 0 Å². The molecule has 1 aliphatic heterocycles. The number of fused-ring (bicyclic) bond motifs is 1. The van der Waals surface area contributed by atoms with E-state index in [1.165, 1.54) is 7.11 Å². The number of benzene rings is 2. The molecule has 0 unspecified atom stereocenters. The molecule has 0 amide bonds. The maximum atomic E-state index is 11.6. The number of esters is 1. The number of hydrogen-bond acceptors (Lipinski definition) is 3. The average molecular weight is 266 g/mol. The number of nitrogens with zero attached hydrogens (tertiary/aromatic N) is 1. The number of methoxy groups -OCH3 is 1. The molecule has 2 aromatic rings. The Labute approximate surface area is 117 Å². The third-order valence-corrected chi connectivity index (χ3v) is 3.45. The van der Waals surface area contributed by atoms with Gasteiger partial charge < -0.3 is 9.64 Å². The molecular formula is C16H14N2O2. The molecule has 0 radical (unpaired) electrons. The van der Waals surface area contributed by atoms with Crippen LogP contribution < -0.4 is 4.90 Å². The number of ether oxygens (including phenoxy) is 1. The molecule has 3 rings (SSSR count). The maximum Gasteiger partial charge on any atom is 0.337 e. The topological polar surface area (TPSA) is 53.4 Å². The van der Waals surface area contributed by atoms with E-state index < -0.39 is 0 Å². The lowest BCUT2D eigenvalue weighted by atomic mass is 10.1. The van der Waals surface area contributed by atoms with Crippen LogP contribution in [0.25, 0.3) is 0 Å². The minimum Gasteiger partial charge on any atom is -0.465 e. The lowest BCUT2D eigenvalue weighted by molar-refractivity contribution is 0.0601. The second kappa shape index (κ2) is 4.81. The number of hydrogen-bond donors (Lipinski definition) is 1. The van der Waals surface area contributed by atoms with Crippen molar-refractivity contribution >= 4 is 17.5 Å². The van der Waals surface area contributed by atoms with Gasteiger partial charge in [-0.1, -0.05) is 30.3 Å². The molecule has 0 aliphatic carbocycles. The first-order valence-corrected chi connectivity index (χ1v) is 6.33. The molecule has 0 spiro atoms. The fourth-order valence-electron chi connectivity index (χ4n) is 2.42. The zero-order valence-electron chi connectivity index (χ0n) is 11.1. The summed E-state index contributed by atoms with van der Waals surface area (Å²) < 4.78 is 4.73. The predicted octanol–water partition coefficient (Wildman–Crippen LogP) is 2.82. The van der Waals surface area contributed by atoms with Crippen LogP contribution in [-0.4, -0.2) is 18.9 Å². The molecular weight excluding hydrogens is 252 g/mol. The summed E-state index contributed by atoms with van der Waals surface area (Å²) in [7, 11) is 1.36. The van der Waals surface area contributed by atoms with Gasteiger partial charge in [0.1, 0.15) is 5.84 Å². The lowest BCUT2D eigenvalue weighted by Crippen LogP contribution is -2.23. The van der Waals surface area contributed by atoms with Crippen molar-refractivity contribution in [1.29, 1.82) is 5.41 Å². The zero-order valence-corrected chi connectivity index (χ0v) is 11.1. The van der Waals surface area contributed by atoms with Gasteiger partial charge in [-0.2, -0.15) is 0 Å². The Morgan fingerprint density at radius 3 is 2.75 bits per heavy atom. The largest absolute Gasteiger partial charge is 0.465 e. The number of amidine groups is 1. The summed E-state index contributed by atoms with van der Waals surface area (Å²) in [4.78, 5) is 13.5. The second-order valence-electron chi connectivity index (χ2n) is 4.63. The van der Waals surface area contributed by atoms with Gasteiger partial charge in [-0.3, -0.25) is 5.41 Å². The van der Waals surface area contributed by atoms with Crippen LogP contribution in [0.15, 0.2) is 48.5 Å². The van der Waals surface area contributed by atoms with Gasteiger partial charge in [-0.05, 0) is 23.8 Å². The Kier molecular flexibility index (Phi) is 2.99.